The summed E-state index contributed by atoms with van der Waals surface area (Å²) in [6.07, 6.45) is 5.30. The standard InChI is InChI=1S/C25H27ClFN5O3/c1-15(2)28-8-3-4-24(33)32-22-11-18-21(12-23(22)35-17-7-9-34-13-17)29-14-30-25(18)31-16-5-6-20(27)19(26)10-16/h3-6,10-12,14-15,17,28H,7-9,13H2,1-2H3,(H,32,33)(H,29,30,31). The molecular formula is C25H27ClFN5O3. The van der Waals surface area contributed by atoms with Crippen LogP contribution < -0.4 is 20.7 Å². The van der Waals surface area contributed by atoms with Crippen LogP contribution in [0.4, 0.5) is 21.6 Å². The highest BCUT2D eigenvalue weighted by atomic mass is 35.5. The fourth-order valence-electron chi connectivity index (χ4n) is 3.52. The van der Waals surface area contributed by atoms with Gasteiger partial charge in [0.05, 0.1) is 29.4 Å². The fraction of sp³-hybridized carbons (Fsp3) is 0.320. The van der Waals surface area contributed by atoms with Crippen molar-refractivity contribution in [2.75, 3.05) is 30.4 Å². The van der Waals surface area contributed by atoms with E-state index in [1.165, 1.54) is 24.5 Å². The Balaban J connectivity index is 1.64. The highest BCUT2D eigenvalue weighted by molar-refractivity contribution is 6.31. The summed E-state index contributed by atoms with van der Waals surface area (Å²) in [5, 5.41) is 9.90. The summed E-state index contributed by atoms with van der Waals surface area (Å²) in [5.74, 6) is 0.160. The van der Waals surface area contributed by atoms with Gasteiger partial charge in [-0.15, -0.1) is 0 Å². The maximum Gasteiger partial charge on any atom is 0.248 e. The summed E-state index contributed by atoms with van der Waals surface area (Å²) < 4.78 is 25.1. The quantitative estimate of drug-likeness (QED) is 0.363. The molecule has 0 bridgehead atoms. The summed E-state index contributed by atoms with van der Waals surface area (Å²) >= 11 is 5.92. The zero-order valence-corrected chi connectivity index (χ0v) is 20.2. The van der Waals surface area contributed by atoms with Gasteiger partial charge in [-0.1, -0.05) is 31.5 Å². The SMILES string of the molecule is CC(C)NCC=CC(=O)Nc1cc2c(Nc3ccc(F)c(Cl)c3)ncnc2cc1OC1CCOC1. The van der Waals surface area contributed by atoms with E-state index in [1.807, 2.05) is 13.8 Å². The molecule has 1 saturated heterocycles. The van der Waals surface area contributed by atoms with Crippen LogP contribution in [0, 0.1) is 5.82 Å². The molecule has 1 aliphatic rings. The van der Waals surface area contributed by atoms with Crippen molar-refractivity contribution >= 4 is 45.6 Å². The Morgan fingerprint density at radius 1 is 1.31 bits per heavy atom. The van der Waals surface area contributed by atoms with E-state index in [0.717, 1.165) is 6.42 Å². The number of hydrogen-bond acceptors (Lipinski definition) is 7. The van der Waals surface area contributed by atoms with Crippen LogP contribution in [0.25, 0.3) is 10.9 Å². The number of nitrogens with one attached hydrogen (secondary N) is 3. The van der Waals surface area contributed by atoms with Gasteiger partial charge in [0, 0.05) is 42.2 Å². The Bertz CT molecular complexity index is 1230. The normalized spacial score (nSPS) is 15.7. The number of nitrogens with zero attached hydrogens (tertiary/aromatic N) is 2. The molecule has 2 aromatic carbocycles. The molecule has 1 unspecified atom stereocenters. The zero-order chi connectivity index (χ0) is 24.8. The number of rotatable bonds is 9. The number of benzene rings is 2. The minimum Gasteiger partial charge on any atom is -0.486 e. The second-order valence-electron chi connectivity index (χ2n) is 8.40. The lowest BCUT2D eigenvalue weighted by Crippen LogP contribution is -2.22. The molecule has 1 atom stereocenters. The molecule has 1 amide bonds. The summed E-state index contributed by atoms with van der Waals surface area (Å²) in [5.41, 5.74) is 1.65. The first-order chi connectivity index (χ1) is 16.9. The third-order valence-corrected chi connectivity index (χ3v) is 5.56. The van der Waals surface area contributed by atoms with E-state index in [2.05, 4.69) is 25.9 Å². The monoisotopic (exact) mass is 499 g/mol. The van der Waals surface area contributed by atoms with Crippen molar-refractivity contribution in [2.45, 2.75) is 32.4 Å². The van der Waals surface area contributed by atoms with Gasteiger partial charge in [-0.3, -0.25) is 4.79 Å². The fourth-order valence-corrected chi connectivity index (χ4v) is 3.70. The van der Waals surface area contributed by atoms with Gasteiger partial charge in [0.25, 0.3) is 0 Å². The van der Waals surface area contributed by atoms with E-state index < -0.39 is 5.82 Å². The van der Waals surface area contributed by atoms with E-state index in [9.17, 15) is 9.18 Å². The summed E-state index contributed by atoms with van der Waals surface area (Å²) in [4.78, 5) is 21.3. The molecule has 2 heterocycles. The molecule has 184 valence electrons. The van der Waals surface area contributed by atoms with Crippen LogP contribution in [0.2, 0.25) is 5.02 Å². The predicted molar refractivity (Wildman–Crippen MR) is 135 cm³/mol. The Morgan fingerprint density at radius 2 is 2.17 bits per heavy atom. The number of anilines is 3. The maximum absolute atomic E-state index is 13.6. The van der Waals surface area contributed by atoms with Crippen LogP contribution in [0.1, 0.15) is 20.3 Å². The highest BCUT2D eigenvalue weighted by Gasteiger charge is 2.20. The number of fused-ring (bicyclic) bond motifs is 1. The van der Waals surface area contributed by atoms with Crippen LogP contribution in [0.15, 0.2) is 48.8 Å². The average molecular weight is 500 g/mol. The topological polar surface area (TPSA) is 97.4 Å². The van der Waals surface area contributed by atoms with Crippen molar-refractivity contribution in [2.24, 2.45) is 0 Å². The summed E-state index contributed by atoms with van der Waals surface area (Å²) in [6, 6.07) is 8.14. The lowest BCUT2D eigenvalue weighted by Gasteiger charge is -2.17. The number of ether oxygens (including phenoxy) is 2. The van der Waals surface area contributed by atoms with Gasteiger partial charge in [-0.25, -0.2) is 14.4 Å². The number of hydrogen-bond donors (Lipinski definition) is 3. The first-order valence-corrected chi connectivity index (χ1v) is 11.7. The van der Waals surface area contributed by atoms with Crippen LogP contribution in [0.5, 0.6) is 5.75 Å². The second-order valence-corrected chi connectivity index (χ2v) is 8.81. The Hall–Kier alpha value is -3.27. The smallest absolute Gasteiger partial charge is 0.248 e. The van der Waals surface area contributed by atoms with Crippen molar-refractivity contribution in [3.05, 3.63) is 59.7 Å². The number of halogens is 2. The van der Waals surface area contributed by atoms with Crippen LogP contribution in [0.3, 0.4) is 0 Å². The summed E-state index contributed by atoms with van der Waals surface area (Å²) in [6.45, 7) is 5.75. The molecule has 1 fully saturated rings. The minimum atomic E-state index is -0.510. The van der Waals surface area contributed by atoms with Gasteiger partial charge in [0.2, 0.25) is 5.91 Å². The lowest BCUT2D eigenvalue weighted by atomic mass is 10.1. The minimum absolute atomic E-state index is 0.00507. The Morgan fingerprint density at radius 3 is 2.91 bits per heavy atom. The van der Waals surface area contributed by atoms with E-state index in [-0.39, 0.29) is 17.0 Å². The zero-order valence-electron chi connectivity index (χ0n) is 19.5. The summed E-state index contributed by atoms with van der Waals surface area (Å²) in [7, 11) is 0. The van der Waals surface area contributed by atoms with Gasteiger partial charge in [0.15, 0.2) is 0 Å². The second kappa shape index (κ2) is 11.4. The lowest BCUT2D eigenvalue weighted by molar-refractivity contribution is -0.111. The van der Waals surface area contributed by atoms with Crippen LogP contribution in [-0.4, -0.2) is 47.8 Å². The molecule has 4 rings (SSSR count). The average Bonchev–Trinajstić information content (AvgIpc) is 3.33. The molecule has 3 aromatic rings. The van der Waals surface area contributed by atoms with Crippen LogP contribution >= 0.6 is 11.6 Å². The molecule has 0 spiro atoms. The van der Waals surface area contributed by atoms with E-state index in [4.69, 9.17) is 21.1 Å². The number of aromatic nitrogens is 2. The molecule has 1 aromatic heterocycles. The van der Waals surface area contributed by atoms with Crippen LogP contribution in [-0.2, 0) is 9.53 Å². The first kappa shape index (κ1) is 24.8. The first-order valence-electron chi connectivity index (χ1n) is 11.3. The Kier molecular flexibility index (Phi) is 8.12. The van der Waals surface area contributed by atoms with Crippen molar-refractivity contribution in [3.63, 3.8) is 0 Å². The molecule has 3 N–H and O–H groups in total. The molecule has 0 aliphatic carbocycles. The highest BCUT2D eigenvalue weighted by Crippen LogP contribution is 2.35. The molecule has 35 heavy (non-hydrogen) atoms. The number of carbonyl (C=O) groups excluding carboxylic acids is 1. The predicted octanol–water partition coefficient (Wildman–Crippen LogP) is 4.83. The third kappa shape index (κ3) is 6.66. The van der Waals surface area contributed by atoms with Gasteiger partial charge in [-0.2, -0.15) is 0 Å². The van der Waals surface area contributed by atoms with Crippen molar-refractivity contribution < 1.29 is 18.7 Å². The molecule has 8 nitrogen and oxygen atoms in total. The van der Waals surface area contributed by atoms with Gasteiger partial charge >= 0.3 is 0 Å². The maximum atomic E-state index is 13.6. The van der Waals surface area contributed by atoms with Crippen molar-refractivity contribution in [3.8, 4) is 5.75 Å². The molecular weight excluding hydrogens is 473 g/mol. The molecule has 10 heteroatoms. The molecule has 0 saturated carbocycles. The van der Waals surface area contributed by atoms with Gasteiger partial charge < -0.3 is 25.4 Å². The number of carbonyl (C=O) groups is 1. The largest absolute Gasteiger partial charge is 0.486 e. The van der Waals surface area contributed by atoms with Crippen molar-refractivity contribution in [1.29, 1.82) is 0 Å². The van der Waals surface area contributed by atoms with Gasteiger partial charge in [-0.05, 0) is 24.3 Å². The Labute approximate surface area is 207 Å². The molecule has 1 aliphatic heterocycles. The van der Waals surface area contributed by atoms with Gasteiger partial charge in [0.1, 0.15) is 29.8 Å². The van der Waals surface area contributed by atoms with E-state index in [0.29, 0.717) is 59.6 Å². The molecule has 0 radical (unpaired) electrons. The number of amides is 1. The van der Waals surface area contributed by atoms with Crippen molar-refractivity contribution in [1.82, 2.24) is 15.3 Å². The van der Waals surface area contributed by atoms with E-state index >= 15 is 0 Å². The third-order valence-electron chi connectivity index (χ3n) is 5.27. The van der Waals surface area contributed by atoms with E-state index in [1.54, 1.807) is 24.3 Å².